The molecular formula is C20H19ClN2O4S2. The number of aliphatic imine (C=N–C) groups is 1. The van der Waals surface area contributed by atoms with Gasteiger partial charge in [0.05, 0.1) is 29.3 Å². The van der Waals surface area contributed by atoms with Crippen molar-refractivity contribution in [2.24, 2.45) is 4.99 Å². The third-order valence-corrected chi connectivity index (χ3v) is 7.63. The summed E-state index contributed by atoms with van der Waals surface area (Å²) in [5.74, 6) is -0.195. The Morgan fingerprint density at radius 3 is 2.72 bits per heavy atom. The molecule has 2 aliphatic rings. The third-order valence-electron chi connectivity index (χ3n) is 4.76. The van der Waals surface area contributed by atoms with E-state index in [9.17, 15) is 13.2 Å². The molecule has 2 atom stereocenters. The van der Waals surface area contributed by atoms with Gasteiger partial charge in [-0.3, -0.25) is 9.79 Å². The van der Waals surface area contributed by atoms with Gasteiger partial charge < -0.3 is 9.64 Å². The summed E-state index contributed by atoms with van der Waals surface area (Å²) in [7, 11) is -3.13. The molecule has 0 bridgehead atoms. The van der Waals surface area contributed by atoms with Gasteiger partial charge in [0.25, 0.3) is 0 Å². The second-order valence-corrected chi connectivity index (χ2v) is 10.4. The molecule has 0 saturated carbocycles. The average molecular weight is 451 g/mol. The van der Waals surface area contributed by atoms with Crippen molar-refractivity contribution < 1.29 is 17.9 Å². The zero-order valence-electron chi connectivity index (χ0n) is 15.4. The number of esters is 1. The molecule has 0 spiro atoms. The predicted octanol–water partition coefficient (Wildman–Crippen LogP) is 3.16. The summed E-state index contributed by atoms with van der Waals surface area (Å²) in [6.45, 7) is 0.216. The Balaban J connectivity index is 1.45. The topological polar surface area (TPSA) is 76.0 Å². The molecular weight excluding hydrogens is 432 g/mol. The van der Waals surface area contributed by atoms with E-state index in [0.717, 1.165) is 11.3 Å². The van der Waals surface area contributed by atoms with Gasteiger partial charge in [0, 0.05) is 10.7 Å². The van der Waals surface area contributed by atoms with Gasteiger partial charge in [0.1, 0.15) is 6.61 Å². The number of hydrogen-bond acceptors (Lipinski definition) is 7. The molecule has 2 aliphatic heterocycles. The van der Waals surface area contributed by atoms with Crippen molar-refractivity contribution in [3.63, 3.8) is 0 Å². The fraction of sp³-hybridized carbons (Fsp3) is 0.300. The van der Waals surface area contributed by atoms with Crippen molar-refractivity contribution in [1.29, 1.82) is 0 Å². The van der Waals surface area contributed by atoms with E-state index in [2.05, 4.69) is 4.99 Å². The van der Waals surface area contributed by atoms with Crippen LogP contribution in [0.5, 0.6) is 0 Å². The molecule has 2 aromatic carbocycles. The van der Waals surface area contributed by atoms with Crippen LogP contribution in [0, 0.1) is 0 Å². The number of ether oxygens (including phenoxy) is 1. The van der Waals surface area contributed by atoms with Crippen LogP contribution in [0.4, 0.5) is 5.69 Å². The second-order valence-electron chi connectivity index (χ2n) is 6.91. The number of thioether (sulfide) groups is 1. The van der Waals surface area contributed by atoms with Crippen molar-refractivity contribution in [3.05, 3.63) is 65.2 Å². The zero-order chi connectivity index (χ0) is 20.4. The smallest absolute Gasteiger partial charge is 0.316 e. The molecule has 6 nitrogen and oxygen atoms in total. The number of anilines is 1. The van der Waals surface area contributed by atoms with Crippen LogP contribution < -0.4 is 4.90 Å². The lowest BCUT2D eigenvalue weighted by molar-refractivity contribution is -0.141. The van der Waals surface area contributed by atoms with Gasteiger partial charge in [0.2, 0.25) is 0 Å². The second kappa shape index (κ2) is 8.38. The van der Waals surface area contributed by atoms with E-state index in [4.69, 9.17) is 16.3 Å². The summed E-state index contributed by atoms with van der Waals surface area (Å²) >= 11 is 7.39. The maximum Gasteiger partial charge on any atom is 0.316 e. The molecule has 152 valence electrons. The summed E-state index contributed by atoms with van der Waals surface area (Å²) in [6.07, 6.45) is 0. The number of carbonyl (C=O) groups is 1. The maximum absolute atomic E-state index is 12.2. The number of fused-ring (bicyclic) bond motifs is 1. The molecule has 0 unspecified atom stereocenters. The highest BCUT2D eigenvalue weighted by molar-refractivity contribution is 8.14. The lowest BCUT2D eigenvalue weighted by Crippen LogP contribution is -2.39. The van der Waals surface area contributed by atoms with Crippen LogP contribution in [0.1, 0.15) is 5.56 Å². The predicted molar refractivity (Wildman–Crippen MR) is 116 cm³/mol. The standard InChI is InChI=1S/C20H19ClN2O4S2/c21-15-7-4-8-16(9-15)23-18-13-29(25,26)12-17(18)22-20(23)28-11-19(24)27-10-14-5-2-1-3-6-14/h1-9,17-18H,10-13H2/t17-,18-/m1/s1. The Labute approximate surface area is 178 Å². The van der Waals surface area contributed by atoms with E-state index in [1.165, 1.54) is 11.8 Å². The van der Waals surface area contributed by atoms with Crippen LogP contribution in [-0.2, 0) is 26.0 Å². The number of rotatable bonds is 5. The fourth-order valence-corrected chi connectivity index (χ4v) is 6.41. The molecule has 0 aliphatic carbocycles. The van der Waals surface area contributed by atoms with E-state index in [0.29, 0.717) is 10.2 Å². The Kier molecular flexibility index (Phi) is 5.85. The molecule has 9 heteroatoms. The highest BCUT2D eigenvalue weighted by atomic mass is 35.5. The number of sulfone groups is 1. The first-order valence-corrected chi connectivity index (χ1v) is 12.3. The molecule has 2 heterocycles. The van der Waals surface area contributed by atoms with Gasteiger partial charge in [-0.15, -0.1) is 0 Å². The largest absolute Gasteiger partial charge is 0.460 e. The first-order chi connectivity index (χ1) is 13.9. The van der Waals surface area contributed by atoms with Gasteiger partial charge in [-0.05, 0) is 23.8 Å². The first-order valence-electron chi connectivity index (χ1n) is 9.07. The molecule has 0 aromatic heterocycles. The van der Waals surface area contributed by atoms with Crippen LogP contribution in [0.25, 0.3) is 0 Å². The van der Waals surface area contributed by atoms with E-state index in [-0.39, 0.29) is 41.9 Å². The monoisotopic (exact) mass is 450 g/mol. The molecule has 1 saturated heterocycles. The number of hydrogen-bond donors (Lipinski definition) is 0. The van der Waals surface area contributed by atoms with Crippen molar-refractivity contribution >= 4 is 50.0 Å². The number of benzene rings is 2. The van der Waals surface area contributed by atoms with Crippen molar-refractivity contribution in [2.75, 3.05) is 22.2 Å². The Morgan fingerprint density at radius 1 is 1.17 bits per heavy atom. The van der Waals surface area contributed by atoms with Crippen LogP contribution in [0.3, 0.4) is 0 Å². The minimum Gasteiger partial charge on any atom is -0.460 e. The van der Waals surface area contributed by atoms with Gasteiger partial charge >= 0.3 is 5.97 Å². The normalized spacial score (nSPS) is 22.2. The van der Waals surface area contributed by atoms with Gasteiger partial charge in [0.15, 0.2) is 15.0 Å². The number of nitrogens with zero attached hydrogens (tertiary/aromatic N) is 2. The molecule has 4 rings (SSSR count). The highest BCUT2D eigenvalue weighted by Crippen LogP contribution is 2.35. The van der Waals surface area contributed by atoms with Crippen molar-refractivity contribution in [3.8, 4) is 0 Å². The van der Waals surface area contributed by atoms with Crippen molar-refractivity contribution in [2.45, 2.75) is 18.7 Å². The molecule has 0 N–H and O–H groups in total. The fourth-order valence-electron chi connectivity index (χ4n) is 3.46. The summed E-state index contributed by atoms with van der Waals surface area (Å²) in [4.78, 5) is 18.7. The van der Waals surface area contributed by atoms with Crippen molar-refractivity contribution in [1.82, 2.24) is 0 Å². The van der Waals surface area contributed by atoms with E-state index in [1.807, 2.05) is 47.4 Å². The van der Waals surface area contributed by atoms with Gasteiger partial charge in [-0.25, -0.2) is 8.42 Å². The summed E-state index contributed by atoms with van der Waals surface area (Å²) < 4.78 is 29.5. The molecule has 29 heavy (non-hydrogen) atoms. The van der Waals surface area contributed by atoms with Crippen LogP contribution >= 0.6 is 23.4 Å². The van der Waals surface area contributed by atoms with Crippen LogP contribution in [-0.4, -0.2) is 48.9 Å². The average Bonchev–Trinajstić information content (AvgIpc) is 3.16. The molecule has 1 fully saturated rings. The lowest BCUT2D eigenvalue weighted by atomic mass is 10.1. The quantitative estimate of drug-likeness (QED) is 0.651. The Bertz CT molecular complexity index is 1040. The summed E-state index contributed by atoms with van der Waals surface area (Å²) in [6, 6.07) is 16.1. The van der Waals surface area contributed by atoms with E-state index < -0.39 is 9.84 Å². The van der Waals surface area contributed by atoms with Gasteiger partial charge in [-0.1, -0.05) is 59.8 Å². The van der Waals surface area contributed by atoms with Crippen LogP contribution in [0.15, 0.2) is 59.6 Å². The number of carbonyl (C=O) groups excluding carboxylic acids is 1. The SMILES string of the molecule is O=C(CSC1=N[C@@H]2CS(=O)(=O)C[C@H]2N1c1cccc(Cl)c1)OCc1ccccc1. The highest BCUT2D eigenvalue weighted by Gasteiger charge is 2.47. The molecule has 2 aromatic rings. The first kappa shape index (κ1) is 20.3. The maximum atomic E-state index is 12.2. The Hall–Kier alpha value is -2.03. The zero-order valence-corrected chi connectivity index (χ0v) is 17.8. The molecule has 0 amide bonds. The van der Waals surface area contributed by atoms with Gasteiger partial charge in [-0.2, -0.15) is 0 Å². The van der Waals surface area contributed by atoms with Crippen LogP contribution in [0.2, 0.25) is 5.02 Å². The lowest BCUT2D eigenvalue weighted by Gasteiger charge is -2.26. The molecule has 0 radical (unpaired) electrons. The minimum atomic E-state index is -3.13. The minimum absolute atomic E-state index is 0.0250. The number of amidine groups is 1. The summed E-state index contributed by atoms with van der Waals surface area (Å²) in [5.41, 5.74) is 1.69. The van der Waals surface area contributed by atoms with E-state index >= 15 is 0 Å². The summed E-state index contributed by atoms with van der Waals surface area (Å²) in [5, 5.41) is 1.17. The van der Waals surface area contributed by atoms with E-state index in [1.54, 1.807) is 12.1 Å². The third kappa shape index (κ3) is 4.76. The Morgan fingerprint density at radius 2 is 1.97 bits per heavy atom. The number of halogens is 1.